The maximum atomic E-state index is 12.9. The molecule has 1 aromatic heterocycles. The summed E-state index contributed by atoms with van der Waals surface area (Å²) < 4.78 is 5.18. The number of aryl methyl sites for hydroxylation is 2. The minimum Gasteiger partial charge on any atom is -0.497 e. The zero-order valence-electron chi connectivity index (χ0n) is 14.7. The van der Waals surface area contributed by atoms with Gasteiger partial charge in [-0.3, -0.25) is 4.79 Å². The zero-order chi connectivity index (χ0) is 17.4. The van der Waals surface area contributed by atoms with E-state index in [0.29, 0.717) is 12.5 Å². The fourth-order valence-corrected chi connectivity index (χ4v) is 4.13. The minimum atomic E-state index is 0.165. The van der Waals surface area contributed by atoms with Crippen LogP contribution < -0.4 is 4.74 Å². The van der Waals surface area contributed by atoms with Gasteiger partial charge in [-0.25, -0.2) is 9.97 Å². The van der Waals surface area contributed by atoms with E-state index in [0.717, 1.165) is 54.1 Å². The fourth-order valence-electron chi connectivity index (χ4n) is 4.13. The summed E-state index contributed by atoms with van der Waals surface area (Å²) in [4.78, 5) is 23.9. The Hall–Kier alpha value is -2.43. The van der Waals surface area contributed by atoms with E-state index < -0.39 is 0 Å². The van der Waals surface area contributed by atoms with Crippen molar-refractivity contribution in [3.63, 3.8) is 0 Å². The average Bonchev–Trinajstić information content (AvgIpc) is 2.95. The maximum Gasteiger partial charge on any atom is 0.223 e. The highest BCUT2D eigenvalue weighted by Crippen LogP contribution is 2.43. The van der Waals surface area contributed by atoms with Crippen molar-refractivity contribution < 1.29 is 9.53 Å². The Morgan fingerprint density at radius 2 is 2.08 bits per heavy atom. The number of rotatable bonds is 4. The van der Waals surface area contributed by atoms with Gasteiger partial charge in [0.1, 0.15) is 11.6 Å². The van der Waals surface area contributed by atoms with Gasteiger partial charge in [0.15, 0.2) is 0 Å². The first-order valence-corrected chi connectivity index (χ1v) is 8.92. The molecule has 2 aliphatic rings. The molecule has 5 nitrogen and oxygen atoms in total. The van der Waals surface area contributed by atoms with Crippen LogP contribution in [0.15, 0.2) is 30.5 Å². The van der Waals surface area contributed by atoms with E-state index in [1.165, 1.54) is 0 Å². The van der Waals surface area contributed by atoms with E-state index in [1.807, 2.05) is 37.4 Å². The topological polar surface area (TPSA) is 55.3 Å². The van der Waals surface area contributed by atoms with E-state index >= 15 is 0 Å². The predicted molar refractivity (Wildman–Crippen MR) is 94.4 cm³/mol. The molecule has 0 N–H and O–H groups in total. The Bertz CT molecular complexity index is 788. The van der Waals surface area contributed by atoms with Gasteiger partial charge in [0, 0.05) is 30.6 Å². The SMILES string of the molecule is COc1ccc(CCC(=O)N2C3CCC2c2cnc(C)nc2C3)cc1. The molecule has 1 amide bonds. The second-order valence-corrected chi connectivity index (χ2v) is 6.92. The Morgan fingerprint density at radius 1 is 1.28 bits per heavy atom. The molecule has 0 aliphatic carbocycles. The molecule has 2 aliphatic heterocycles. The third-order valence-corrected chi connectivity index (χ3v) is 5.39. The van der Waals surface area contributed by atoms with Crippen LogP contribution in [0.4, 0.5) is 0 Å². The summed E-state index contributed by atoms with van der Waals surface area (Å²) >= 11 is 0. The molecule has 130 valence electrons. The Labute approximate surface area is 148 Å². The summed E-state index contributed by atoms with van der Waals surface area (Å²) in [5.41, 5.74) is 3.45. The van der Waals surface area contributed by atoms with Gasteiger partial charge in [-0.1, -0.05) is 12.1 Å². The Morgan fingerprint density at radius 3 is 2.84 bits per heavy atom. The molecule has 1 aromatic carbocycles. The number of hydrogen-bond acceptors (Lipinski definition) is 4. The minimum absolute atomic E-state index is 0.165. The van der Waals surface area contributed by atoms with Crippen LogP contribution in [0, 0.1) is 6.92 Å². The van der Waals surface area contributed by atoms with Crippen LogP contribution in [0.1, 0.15) is 47.9 Å². The number of ether oxygens (including phenoxy) is 1. The molecule has 25 heavy (non-hydrogen) atoms. The van der Waals surface area contributed by atoms with Crippen LogP contribution in [0.3, 0.4) is 0 Å². The number of fused-ring (bicyclic) bond motifs is 4. The summed E-state index contributed by atoms with van der Waals surface area (Å²) in [5.74, 6) is 1.91. The van der Waals surface area contributed by atoms with Crippen LogP contribution in [0.5, 0.6) is 5.75 Å². The van der Waals surface area contributed by atoms with Gasteiger partial charge in [-0.15, -0.1) is 0 Å². The molecular weight excluding hydrogens is 314 g/mol. The predicted octanol–water partition coefficient (Wildman–Crippen LogP) is 3.01. The number of amides is 1. The number of aromatic nitrogens is 2. The second kappa shape index (κ2) is 6.47. The fraction of sp³-hybridized carbons (Fsp3) is 0.450. The lowest BCUT2D eigenvalue weighted by molar-refractivity contribution is -0.134. The van der Waals surface area contributed by atoms with Crippen molar-refractivity contribution in [3.05, 3.63) is 53.1 Å². The normalized spacial score (nSPS) is 21.1. The van der Waals surface area contributed by atoms with E-state index in [2.05, 4.69) is 14.9 Å². The van der Waals surface area contributed by atoms with Crippen molar-refractivity contribution in [2.45, 2.75) is 51.1 Å². The third-order valence-electron chi connectivity index (χ3n) is 5.39. The highest BCUT2D eigenvalue weighted by molar-refractivity contribution is 5.78. The number of nitrogens with zero attached hydrogens (tertiary/aromatic N) is 3. The van der Waals surface area contributed by atoms with Gasteiger partial charge in [0.25, 0.3) is 0 Å². The first-order valence-electron chi connectivity index (χ1n) is 8.92. The van der Waals surface area contributed by atoms with E-state index in [4.69, 9.17) is 4.74 Å². The summed E-state index contributed by atoms with van der Waals surface area (Å²) in [7, 11) is 1.66. The van der Waals surface area contributed by atoms with Crippen molar-refractivity contribution in [1.82, 2.24) is 14.9 Å². The third kappa shape index (κ3) is 2.99. The molecule has 2 bridgehead atoms. The van der Waals surface area contributed by atoms with Crippen LogP contribution >= 0.6 is 0 Å². The Kier molecular flexibility index (Phi) is 4.15. The first kappa shape index (κ1) is 16.1. The van der Waals surface area contributed by atoms with Gasteiger partial charge < -0.3 is 9.64 Å². The molecule has 4 rings (SSSR count). The highest BCUT2D eigenvalue weighted by atomic mass is 16.5. The van der Waals surface area contributed by atoms with E-state index in [9.17, 15) is 4.79 Å². The van der Waals surface area contributed by atoms with Gasteiger partial charge >= 0.3 is 0 Å². The van der Waals surface area contributed by atoms with Crippen LogP contribution in [-0.4, -0.2) is 33.9 Å². The Balaban J connectivity index is 1.46. The molecule has 2 atom stereocenters. The van der Waals surface area contributed by atoms with Crippen molar-refractivity contribution >= 4 is 5.91 Å². The van der Waals surface area contributed by atoms with Crippen LogP contribution in [0.25, 0.3) is 0 Å². The lowest BCUT2D eigenvalue weighted by Gasteiger charge is -2.35. The molecule has 3 heterocycles. The molecule has 2 unspecified atom stereocenters. The largest absolute Gasteiger partial charge is 0.497 e. The molecule has 5 heteroatoms. The summed E-state index contributed by atoms with van der Waals surface area (Å²) in [6.07, 6.45) is 6.18. The second-order valence-electron chi connectivity index (χ2n) is 6.92. The van der Waals surface area contributed by atoms with Gasteiger partial charge in [-0.05, 0) is 43.9 Å². The molecule has 0 saturated carbocycles. The quantitative estimate of drug-likeness (QED) is 0.860. The maximum absolute atomic E-state index is 12.9. The number of methoxy groups -OCH3 is 1. The summed E-state index contributed by atoms with van der Waals surface area (Å²) in [6.45, 7) is 1.93. The van der Waals surface area contributed by atoms with Crippen LogP contribution in [0.2, 0.25) is 0 Å². The van der Waals surface area contributed by atoms with Crippen LogP contribution in [-0.2, 0) is 17.6 Å². The molecule has 2 aromatic rings. The molecule has 0 radical (unpaired) electrons. The van der Waals surface area contributed by atoms with Crippen molar-refractivity contribution in [2.24, 2.45) is 0 Å². The number of carbonyl (C=O) groups excluding carboxylic acids is 1. The van der Waals surface area contributed by atoms with Gasteiger partial charge in [-0.2, -0.15) is 0 Å². The molecule has 0 spiro atoms. The van der Waals surface area contributed by atoms with E-state index in [-0.39, 0.29) is 11.9 Å². The highest BCUT2D eigenvalue weighted by Gasteiger charge is 2.42. The number of carbonyl (C=O) groups is 1. The molecule has 1 fully saturated rings. The monoisotopic (exact) mass is 337 g/mol. The van der Waals surface area contributed by atoms with Gasteiger partial charge in [0.05, 0.1) is 18.8 Å². The molecule has 1 saturated heterocycles. The van der Waals surface area contributed by atoms with Crippen molar-refractivity contribution in [2.75, 3.05) is 7.11 Å². The first-order chi connectivity index (χ1) is 12.2. The standard InChI is InChI=1S/C20H23N3O2/c1-13-21-12-17-18(22-13)11-15-6-9-19(17)23(15)20(24)10-5-14-3-7-16(25-2)8-4-14/h3-4,7-8,12,15,19H,5-6,9-11H2,1-2H3. The van der Waals surface area contributed by atoms with E-state index in [1.54, 1.807) is 7.11 Å². The zero-order valence-corrected chi connectivity index (χ0v) is 14.7. The lowest BCUT2D eigenvalue weighted by atomic mass is 9.98. The average molecular weight is 337 g/mol. The number of hydrogen-bond donors (Lipinski definition) is 0. The van der Waals surface area contributed by atoms with Gasteiger partial charge in [0.2, 0.25) is 5.91 Å². The molecular formula is C20H23N3O2. The summed E-state index contributed by atoms with van der Waals surface area (Å²) in [5, 5.41) is 0. The number of benzene rings is 1. The van der Waals surface area contributed by atoms with Crippen molar-refractivity contribution in [1.29, 1.82) is 0 Å². The summed E-state index contributed by atoms with van der Waals surface area (Å²) in [6, 6.07) is 8.42. The van der Waals surface area contributed by atoms with Crippen molar-refractivity contribution in [3.8, 4) is 5.75 Å². The smallest absolute Gasteiger partial charge is 0.223 e. The lowest BCUT2D eigenvalue weighted by Crippen LogP contribution is -2.42.